The minimum Gasteiger partial charge on any atom is -0.507 e. The molecule has 0 saturated carbocycles. The molecule has 0 bridgehead atoms. The van der Waals surface area contributed by atoms with Gasteiger partial charge in [0.1, 0.15) is 11.4 Å². The third-order valence-corrected chi connectivity index (χ3v) is 2.97. The number of anilines is 1. The Morgan fingerprint density at radius 3 is 2.28 bits per heavy atom. The minimum atomic E-state index is -0.467. The lowest BCUT2D eigenvalue weighted by Crippen LogP contribution is -2.21. The summed E-state index contributed by atoms with van der Waals surface area (Å²) in [5.41, 5.74) is -0.442. The topological polar surface area (TPSA) is 98.1 Å². The number of aromatic hydroxyl groups is 2. The van der Waals surface area contributed by atoms with E-state index in [1.54, 1.807) is 6.92 Å². The van der Waals surface area contributed by atoms with E-state index in [-0.39, 0.29) is 42.0 Å². The number of phenols is 2. The van der Waals surface area contributed by atoms with Crippen LogP contribution in [-0.4, -0.2) is 33.5 Å². The molecule has 3 N–H and O–H groups in total. The highest BCUT2D eigenvalue weighted by Crippen LogP contribution is 2.41. The molecule has 0 amide bonds. The summed E-state index contributed by atoms with van der Waals surface area (Å²) in [6, 6.07) is 1.08. The van der Waals surface area contributed by atoms with Gasteiger partial charge in [-0.25, -0.2) is 0 Å². The molecule has 1 aliphatic rings. The Labute approximate surface area is 103 Å². The van der Waals surface area contributed by atoms with Crippen molar-refractivity contribution < 1.29 is 25.0 Å². The van der Waals surface area contributed by atoms with Crippen LogP contribution < -0.4 is 5.06 Å². The van der Waals surface area contributed by atoms with Crippen LogP contribution in [0.3, 0.4) is 0 Å². The highest BCUT2D eigenvalue weighted by molar-refractivity contribution is 6.17. The quantitative estimate of drug-likeness (QED) is 0.544. The number of ketones is 2. The van der Waals surface area contributed by atoms with Gasteiger partial charge in [0, 0.05) is 25.5 Å². The van der Waals surface area contributed by atoms with E-state index >= 15 is 0 Å². The predicted molar refractivity (Wildman–Crippen MR) is 62.5 cm³/mol. The normalized spacial score (nSPS) is 14.6. The molecule has 18 heavy (non-hydrogen) atoms. The number of carbonyl (C=O) groups excluding carboxylic acids is 2. The van der Waals surface area contributed by atoms with Gasteiger partial charge in [0.15, 0.2) is 17.3 Å². The Morgan fingerprint density at radius 1 is 1.17 bits per heavy atom. The van der Waals surface area contributed by atoms with Crippen LogP contribution in [0.5, 0.6) is 11.5 Å². The zero-order chi connectivity index (χ0) is 13.4. The molecule has 0 radical (unpaired) electrons. The maximum Gasteiger partial charge on any atom is 0.168 e. The third-order valence-electron chi connectivity index (χ3n) is 2.97. The van der Waals surface area contributed by atoms with Gasteiger partial charge in [-0.3, -0.25) is 19.9 Å². The molecule has 0 spiro atoms. The summed E-state index contributed by atoms with van der Waals surface area (Å²) in [5, 5.41) is 30.0. The molecular formula is C12H13NO5. The second kappa shape index (κ2) is 4.30. The van der Waals surface area contributed by atoms with Crippen molar-refractivity contribution in [2.24, 2.45) is 0 Å². The number of carbonyl (C=O) groups is 2. The van der Waals surface area contributed by atoms with Gasteiger partial charge in [-0.1, -0.05) is 0 Å². The number of phenolic OH excluding ortho intramolecular Hbond substituents is 2. The van der Waals surface area contributed by atoms with Crippen molar-refractivity contribution in [1.29, 1.82) is 0 Å². The van der Waals surface area contributed by atoms with Crippen LogP contribution in [0, 0.1) is 0 Å². The fourth-order valence-corrected chi connectivity index (χ4v) is 2.04. The smallest absolute Gasteiger partial charge is 0.168 e. The standard InChI is InChI=1S/C12H13NO5/c1-2-13(18)6-5-9(16)10-7(14)3-4-8(15)11(10)12(6)17/h5,16-18H,2-4H2,1H3. The summed E-state index contributed by atoms with van der Waals surface area (Å²) >= 11 is 0. The number of fused-ring (bicyclic) bond motifs is 1. The van der Waals surface area contributed by atoms with Crippen LogP contribution in [-0.2, 0) is 0 Å². The molecule has 0 aromatic heterocycles. The number of hydrogen-bond acceptors (Lipinski definition) is 6. The maximum atomic E-state index is 11.7. The summed E-state index contributed by atoms with van der Waals surface area (Å²) in [7, 11) is 0. The Kier molecular flexibility index (Phi) is 2.96. The second-order valence-electron chi connectivity index (χ2n) is 4.08. The summed E-state index contributed by atoms with van der Waals surface area (Å²) in [4.78, 5) is 23.4. The number of nitrogens with zero attached hydrogens (tertiary/aromatic N) is 1. The first-order chi connectivity index (χ1) is 8.47. The zero-order valence-corrected chi connectivity index (χ0v) is 9.80. The Bertz CT molecular complexity index is 538. The molecule has 6 heteroatoms. The molecule has 1 aliphatic carbocycles. The number of Topliss-reactive ketones (excluding diaryl/α,β-unsaturated/α-hetero) is 2. The molecule has 1 aromatic carbocycles. The van der Waals surface area contributed by atoms with E-state index in [0.29, 0.717) is 5.06 Å². The molecule has 0 atom stereocenters. The SMILES string of the molecule is CCN(O)c1cc(O)c2c(c1O)C(=O)CCC2=O. The molecule has 96 valence electrons. The highest BCUT2D eigenvalue weighted by Gasteiger charge is 2.32. The van der Waals surface area contributed by atoms with Crippen molar-refractivity contribution in [3.63, 3.8) is 0 Å². The third kappa shape index (κ3) is 1.70. The zero-order valence-electron chi connectivity index (χ0n) is 9.80. The molecule has 0 fully saturated rings. The summed E-state index contributed by atoms with van der Waals surface area (Å²) in [5.74, 6) is -1.66. The van der Waals surface area contributed by atoms with Gasteiger partial charge in [0.25, 0.3) is 0 Å². The van der Waals surface area contributed by atoms with Crippen LogP contribution in [0.2, 0.25) is 0 Å². The average molecular weight is 251 g/mol. The van der Waals surface area contributed by atoms with Gasteiger partial charge in [0.05, 0.1) is 11.1 Å². The van der Waals surface area contributed by atoms with Gasteiger partial charge in [0.2, 0.25) is 0 Å². The Hall–Kier alpha value is -2.08. The van der Waals surface area contributed by atoms with Gasteiger partial charge in [-0.2, -0.15) is 0 Å². The van der Waals surface area contributed by atoms with Crippen LogP contribution in [0.4, 0.5) is 5.69 Å². The second-order valence-corrected chi connectivity index (χ2v) is 4.08. The van der Waals surface area contributed by atoms with E-state index in [0.717, 1.165) is 6.07 Å². The van der Waals surface area contributed by atoms with Crippen molar-refractivity contribution in [1.82, 2.24) is 0 Å². The molecule has 6 nitrogen and oxygen atoms in total. The lowest BCUT2D eigenvalue weighted by molar-refractivity contribution is 0.0885. The number of benzene rings is 1. The van der Waals surface area contributed by atoms with E-state index in [2.05, 4.69) is 0 Å². The summed E-state index contributed by atoms with van der Waals surface area (Å²) in [6.07, 6.45) is 0.0225. The lowest BCUT2D eigenvalue weighted by Gasteiger charge is -2.22. The van der Waals surface area contributed by atoms with Gasteiger partial charge < -0.3 is 10.2 Å². The van der Waals surface area contributed by atoms with Crippen LogP contribution >= 0.6 is 0 Å². The maximum absolute atomic E-state index is 11.7. The van der Waals surface area contributed by atoms with E-state index in [9.17, 15) is 25.0 Å². The van der Waals surface area contributed by atoms with Crippen molar-refractivity contribution in [2.75, 3.05) is 11.6 Å². The fourth-order valence-electron chi connectivity index (χ4n) is 2.04. The van der Waals surface area contributed by atoms with Crippen molar-refractivity contribution >= 4 is 17.3 Å². The molecular weight excluding hydrogens is 238 g/mol. The van der Waals surface area contributed by atoms with E-state index in [1.165, 1.54) is 0 Å². The molecule has 0 saturated heterocycles. The Morgan fingerprint density at radius 2 is 1.72 bits per heavy atom. The minimum absolute atomic E-state index is 0.000158. The average Bonchev–Trinajstić information content (AvgIpc) is 2.35. The summed E-state index contributed by atoms with van der Waals surface area (Å²) < 4.78 is 0. The largest absolute Gasteiger partial charge is 0.507 e. The van der Waals surface area contributed by atoms with E-state index < -0.39 is 17.3 Å². The van der Waals surface area contributed by atoms with Crippen molar-refractivity contribution in [2.45, 2.75) is 19.8 Å². The first-order valence-electron chi connectivity index (χ1n) is 5.59. The number of hydrogen-bond donors (Lipinski definition) is 3. The summed E-state index contributed by atoms with van der Waals surface area (Å²) in [6.45, 7) is 1.79. The lowest BCUT2D eigenvalue weighted by atomic mass is 9.87. The predicted octanol–water partition coefficient (Wildman–Crippen LogP) is 1.47. The van der Waals surface area contributed by atoms with Crippen LogP contribution in [0.15, 0.2) is 6.07 Å². The van der Waals surface area contributed by atoms with E-state index in [1.807, 2.05) is 0 Å². The molecule has 1 aromatic rings. The van der Waals surface area contributed by atoms with Gasteiger partial charge >= 0.3 is 0 Å². The van der Waals surface area contributed by atoms with Crippen molar-refractivity contribution in [3.05, 3.63) is 17.2 Å². The molecule has 0 unspecified atom stereocenters. The van der Waals surface area contributed by atoms with Crippen LogP contribution in [0.1, 0.15) is 40.5 Å². The van der Waals surface area contributed by atoms with Crippen molar-refractivity contribution in [3.8, 4) is 11.5 Å². The fraction of sp³-hybridized carbons (Fsp3) is 0.333. The number of hydroxylamine groups is 1. The molecule has 0 aliphatic heterocycles. The van der Waals surface area contributed by atoms with Gasteiger partial charge in [-0.15, -0.1) is 0 Å². The highest BCUT2D eigenvalue weighted by atomic mass is 16.5. The monoisotopic (exact) mass is 251 g/mol. The number of rotatable bonds is 2. The van der Waals surface area contributed by atoms with E-state index in [4.69, 9.17) is 0 Å². The first-order valence-corrected chi connectivity index (χ1v) is 5.59. The van der Waals surface area contributed by atoms with Gasteiger partial charge in [-0.05, 0) is 6.92 Å². The molecule has 2 rings (SSSR count). The first kappa shape index (κ1) is 12.4. The molecule has 0 heterocycles. The Balaban J connectivity index is 2.72. The van der Waals surface area contributed by atoms with Crippen LogP contribution in [0.25, 0.3) is 0 Å².